The largest absolute Gasteiger partial charge is 0.497 e. The summed E-state index contributed by atoms with van der Waals surface area (Å²) in [4.78, 5) is 16.4. The van der Waals surface area contributed by atoms with Gasteiger partial charge in [0.2, 0.25) is 0 Å². The average Bonchev–Trinajstić information content (AvgIpc) is 2.62. The van der Waals surface area contributed by atoms with Crippen molar-refractivity contribution in [2.45, 2.75) is 0 Å². The van der Waals surface area contributed by atoms with Gasteiger partial charge in [0.25, 0.3) is 0 Å². The zero-order chi connectivity index (χ0) is 16.1. The predicted molar refractivity (Wildman–Crippen MR) is 88.8 cm³/mol. The highest BCUT2D eigenvalue weighted by atomic mass is 16.5. The van der Waals surface area contributed by atoms with Crippen molar-refractivity contribution < 1.29 is 14.3 Å². The normalized spacial score (nSPS) is 10.8. The van der Waals surface area contributed by atoms with Crippen molar-refractivity contribution in [1.29, 1.82) is 0 Å². The van der Waals surface area contributed by atoms with Crippen LogP contribution in [0.15, 0.2) is 73.1 Å². The molecule has 0 amide bonds. The van der Waals surface area contributed by atoms with Gasteiger partial charge in [-0.2, -0.15) is 0 Å². The average molecular weight is 305 g/mol. The van der Waals surface area contributed by atoms with Crippen LogP contribution in [-0.2, 0) is 0 Å². The molecule has 2 aromatic carbocycles. The molecule has 4 heteroatoms. The molecule has 3 rings (SSSR count). The molecule has 0 bridgehead atoms. The molecule has 3 aromatic rings. The minimum Gasteiger partial charge on any atom is -0.497 e. The van der Waals surface area contributed by atoms with E-state index in [0.717, 1.165) is 10.9 Å². The third kappa shape index (κ3) is 3.37. The van der Waals surface area contributed by atoms with Crippen molar-refractivity contribution in [2.24, 2.45) is 0 Å². The summed E-state index contributed by atoms with van der Waals surface area (Å²) in [5, 5.41) is 0.986. The van der Waals surface area contributed by atoms with Crippen LogP contribution in [0.3, 0.4) is 0 Å². The van der Waals surface area contributed by atoms with E-state index in [-0.39, 0.29) is 5.78 Å². The molecule has 0 aliphatic carbocycles. The number of aromatic nitrogens is 1. The number of carbonyl (C=O) groups is 1. The Morgan fingerprint density at radius 1 is 1.04 bits per heavy atom. The smallest absolute Gasteiger partial charge is 0.188 e. The SMILES string of the molecule is COc1ccc(C(=O)/C=C/Oc2cccc3cccnc23)cc1. The second-order valence-electron chi connectivity index (χ2n) is 4.84. The van der Waals surface area contributed by atoms with Gasteiger partial charge in [-0.3, -0.25) is 9.78 Å². The van der Waals surface area contributed by atoms with Gasteiger partial charge in [-0.05, 0) is 36.4 Å². The number of ketones is 1. The van der Waals surface area contributed by atoms with Gasteiger partial charge in [0.15, 0.2) is 11.5 Å². The maximum atomic E-state index is 12.1. The highest BCUT2D eigenvalue weighted by Crippen LogP contribution is 2.23. The number of allylic oxidation sites excluding steroid dienone is 1. The lowest BCUT2D eigenvalue weighted by Gasteiger charge is -2.04. The molecule has 1 aromatic heterocycles. The van der Waals surface area contributed by atoms with Crippen LogP contribution in [-0.4, -0.2) is 17.9 Å². The molecule has 0 radical (unpaired) electrons. The molecule has 0 unspecified atom stereocenters. The molecule has 0 spiro atoms. The maximum Gasteiger partial charge on any atom is 0.188 e. The van der Waals surface area contributed by atoms with Crippen molar-refractivity contribution in [3.05, 3.63) is 78.7 Å². The van der Waals surface area contributed by atoms with Crippen LogP contribution in [0.5, 0.6) is 11.5 Å². The first-order valence-electron chi connectivity index (χ1n) is 7.13. The van der Waals surface area contributed by atoms with Crippen LogP contribution < -0.4 is 9.47 Å². The lowest BCUT2D eigenvalue weighted by atomic mass is 10.1. The molecule has 114 valence electrons. The highest BCUT2D eigenvalue weighted by molar-refractivity contribution is 6.04. The molecule has 4 nitrogen and oxygen atoms in total. The third-order valence-electron chi connectivity index (χ3n) is 3.38. The number of fused-ring (bicyclic) bond motifs is 1. The summed E-state index contributed by atoms with van der Waals surface area (Å²) in [6.07, 6.45) is 4.49. The quantitative estimate of drug-likeness (QED) is 0.406. The standard InChI is InChI=1S/C19H15NO3/c1-22-16-9-7-14(8-10-16)17(21)11-13-23-18-6-2-4-15-5-3-12-20-19(15)18/h2-13H,1H3/b13-11+. The molecular formula is C19H15NO3. The Kier molecular flexibility index (Phi) is 4.34. The van der Waals surface area contributed by atoms with Gasteiger partial charge >= 0.3 is 0 Å². The molecular weight excluding hydrogens is 290 g/mol. The number of benzene rings is 2. The fourth-order valence-corrected chi connectivity index (χ4v) is 2.19. The number of carbonyl (C=O) groups excluding carboxylic acids is 1. The second-order valence-corrected chi connectivity index (χ2v) is 4.84. The fourth-order valence-electron chi connectivity index (χ4n) is 2.19. The number of hydrogen-bond donors (Lipinski definition) is 0. The van der Waals surface area contributed by atoms with Gasteiger partial charge in [0, 0.05) is 23.2 Å². The van der Waals surface area contributed by atoms with E-state index in [1.165, 1.54) is 12.3 Å². The lowest BCUT2D eigenvalue weighted by molar-refractivity contribution is 0.104. The summed E-state index contributed by atoms with van der Waals surface area (Å²) < 4.78 is 10.6. The minimum atomic E-state index is -0.138. The van der Waals surface area contributed by atoms with E-state index in [9.17, 15) is 4.79 Å². The molecule has 0 atom stereocenters. The number of pyridine rings is 1. The Hall–Kier alpha value is -3.14. The lowest BCUT2D eigenvalue weighted by Crippen LogP contribution is -1.95. The number of ether oxygens (including phenoxy) is 2. The van der Waals surface area contributed by atoms with Crippen molar-refractivity contribution >= 4 is 16.7 Å². The topological polar surface area (TPSA) is 48.4 Å². The van der Waals surface area contributed by atoms with Crippen molar-refractivity contribution in [1.82, 2.24) is 4.98 Å². The molecule has 1 heterocycles. The molecule has 0 N–H and O–H groups in total. The molecule has 0 aliphatic rings. The van der Waals surface area contributed by atoms with Crippen LogP contribution in [0.25, 0.3) is 10.9 Å². The number of methoxy groups -OCH3 is 1. The fraction of sp³-hybridized carbons (Fsp3) is 0.0526. The Labute approximate surface area is 134 Å². The molecule has 0 fully saturated rings. The first-order chi connectivity index (χ1) is 11.3. The summed E-state index contributed by atoms with van der Waals surface area (Å²) in [5.41, 5.74) is 1.33. The van der Waals surface area contributed by atoms with E-state index >= 15 is 0 Å². The first kappa shape index (κ1) is 14.8. The first-order valence-corrected chi connectivity index (χ1v) is 7.13. The number of nitrogens with zero attached hydrogens (tertiary/aromatic N) is 1. The van der Waals surface area contributed by atoms with Gasteiger partial charge < -0.3 is 9.47 Å². The van der Waals surface area contributed by atoms with Crippen molar-refractivity contribution in [3.8, 4) is 11.5 Å². The number of para-hydroxylation sites is 1. The van der Waals surface area contributed by atoms with Crippen LogP contribution in [0.2, 0.25) is 0 Å². The summed E-state index contributed by atoms with van der Waals surface area (Å²) in [5.74, 6) is 1.19. The molecule has 23 heavy (non-hydrogen) atoms. The summed E-state index contributed by atoms with van der Waals surface area (Å²) in [7, 11) is 1.59. The summed E-state index contributed by atoms with van der Waals surface area (Å²) >= 11 is 0. The monoisotopic (exact) mass is 305 g/mol. The zero-order valence-corrected chi connectivity index (χ0v) is 12.6. The maximum absolute atomic E-state index is 12.1. The van der Waals surface area contributed by atoms with E-state index in [2.05, 4.69) is 4.98 Å². The van der Waals surface area contributed by atoms with Gasteiger partial charge in [-0.15, -0.1) is 0 Å². The Morgan fingerprint density at radius 3 is 2.61 bits per heavy atom. The Balaban J connectivity index is 1.73. The highest BCUT2D eigenvalue weighted by Gasteiger charge is 2.03. The van der Waals surface area contributed by atoms with Crippen LogP contribution >= 0.6 is 0 Å². The van der Waals surface area contributed by atoms with E-state index in [1.807, 2.05) is 30.3 Å². The van der Waals surface area contributed by atoms with E-state index in [0.29, 0.717) is 17.1 Å². The van der Waals surface area contributed by atoms with Crippen molar-refractivity contribution in [2.75, 3.05) is 7.11 Å². The van der Waals surface area contributed by atoms with Gasteiger partial charge in [-0.1, -0.05) is 18.2 Å². The predicted octanol–water partition coefficient (Wildman–Crippen LogP) is 4.02. The summed E-state index contributed by atoms with van der Waals surface area (Å²) in [6, 6.07) is 16.4. The van der Waals surface area contributed by atoms with Crippen LogP contribution in [0, 0.1) is 0 Å². The minimum absolute atomic E-state index is 0.138. The van der Waals surface area contributed by atoms with E-state index in [4.69, 9.17) is 9.47 Å². The Bertz CT molecular complexity index is 849. The zero-order valence-electron chi connectivity index (χ0n) is 12.6. The number of hydrogen-bond acceptors (Lipinski definition) is 4. The van der Waals surface area contributed by atoms with Gasteiger partial charge in [0.1, 0.15) is 11.3 Å². The van der Waals surface area contributed by atoms with Gasteiger partial charge in [-0.25, -0.2) is 0 Å². The molecule has 0 saturated heterocycles. The Morgan fingerprint density at radius 2 is 1.83 bits per heavy atom. The van der Waals surface area contributed by atoms with Crippen molar-refractivity contribution in [3.63, 3.8) is 0 Å². The van der Waals surface area contributed by atoms with E-state index < -0.39 is 0 Å². The molecule has 0 aliphatic heterocycles. The van der Waals surface area contributed by atoms with Crippen LogP contribution in [0.4, 0.5) is 0 Å². The van der Waals surface area contributed by atoms with Crippen LogP contribution in [0.1, 0.15) is 10.4 Å². The van der Waals surface area contributed by atoms with Gasteiger partial charge in [0.05, 0.1) is 13.4 Å². The van der Waals surface area contributed by atoms with E-state index in [1.54, 1.807) is 37.6 Å². The molecule has 0 saturated carbocycles. The third-order valence-corrected chi connectivity index (χ3v) is 3.38. The number of rotatable bonds is 5. The second kappa shape index (κ2) is 6.75. The summed E-state index contributed by atoms with van der Waals surface area (Å²) in [6.45, 7) is 0.